The maximum Gasteiger partial charge on any atom is 0.126 e. The molecule has 1 aliphatic carbocycles. The van der Waals surface area contributed by atoms with E-state index in [9.17, 15) is 5.11 Å². The minimum absolute atomic E-state index is 0.293. The molecule has 0 saturated carbocycles. The van der Waals surface area contributed by atoms with Crippen LogP contribution in [0, 0.1) is 0 Å². The van der Waals surface area contributed by atoms with Crippen LogP contribution >= 0.6 is 0 Å². The van der Waals surface area contributed by atoms with Crippen molar-refractivity contribution >= 4 is 5.57 Å². The molecular weight excluding hydrogens is 188 g/mol. The maximum atomic E-state index is 9.59. The van der Waals surface area contributed by atoms with Crippen LogP contribution in [-0.2, 0) is 0 Å². The number of para-hydroxylation sites is 1. The van der Waals surface area contributed by atoms with Gasteiger partial charge in [-0.3, -0.25) is 0 Å². The van der Waals surface area contributed by atoms with Crippen molar-refractivity contribution in [2.45, 2.75) is 25.4 Å². The van der Waals surface area contributed by atoms with E-state index in [0.29, 0.717) is 0 Å². The Morgan fingerprint density at radius 1 is 1.33 bits per heavy atom. The summed E-state index contributed by atoms with van der Waals surface area (Å²) in [5.41, 5.74) is 2.31. The average Bonchev–Trinajstić information content (AvgIpc) is 2.29. The van der Waals surface area contributed by atoms with Gasteiger partial charge in [-0.2, -0.15) is 0 Å². The van der Waals surface area contributed by atoms with Crippen molar-refractivity contribution in [3.63, 3.8) is 0 Å². The van der Waals surface area contributed by atoms with Crippen molar-refractivity contribution in [1.29, 1.82) is 0 Å². The summed E-state index contributed by atoms with van der Waals surface area (Å²) in [5, 5.41) is 9.59. The molecule has 0 aliphatic heterocycles. The minimum atomic E-state index is -0.293. The zero-order valence-electron chi connectivity index (χ0n) is 8.94. The number of benzene rings is 1. The highest BCUT2D eigenvalue weighted by Crippen LogP contribution is 2.32. The second-order valence-corrected chi connectivity index (χ2v) is 3.85. The van der Waals surface area contributed by atoms with E-state index in [4.69, 9.17) is 4.74 Å². The fourth-order valence-corrected chi connectivity index (χ4v) is 2.03. The molecule has 0 saturated heterocycles. The van der Waals surface area contributed by atoms with Crippen LogP contribution in [0.15, 0.2) is 30.3 Å². The van der Waals surface area contributed by atoms with E-state index in [0.717, 1.165) is 30.6 Å². The van der Waals surface area contributed by atoms with E-state index in [1.165, 1.54) is 5.57 Å². The molecule has 1 atom stereocenters. The molecule has 0 radical (unpaired) electrons. The van der Waals surface area contributed by atoms with Crippen LogP contribution in [0.4, 0.5) is 0 Å². The minimum Gasteiger partial charge on any atom is -0.496 e. The highest BCUT2D eigenvalue weighted by atomic mass is 16.5. The van der Waals surface area contributed by atoms with E-state index >= 15 is 0 Å². The van der Waals surface area contributed by atoms with Crippen molar-refractivity contribution in [2.75, 3.05) is 7.11 Å². The average molecular weight is 204 g/mol. The van der Waals surface area contributed by atoms with E-state index in [1.54, 1.807) is 7.11 Å². The molecule has 1 aliphatic rings. The second kappa shape index (κ2) is 4.49. The molecule has 0 amide bonds. The topological polar surface area (TPSA) is 29.5 Å². The Bertz CT molecular complexity index is 369. The molecule has 2 heteroatoms. The van der Waals surface area contributed by atoms with Crippen molar-refractivity contribution in [2.24, 2.45) is 0 Å². The van der Waals surface area contributed by atoms with Gasteiger partial charge in [-0.05, 0) is 30.9 Å². The lowest BCUT2D eigenvalue weighted by Gasteiger charge is -2.18. The second-order valence-electron chi connectivity index (χ2n) is 3.85. The zero-order valence-corrected chi connectivity index (χ0v) is 8.94. The predicted octanol–water partition coefficient (Wildman–Crippen LogP) is 2.62. The molecule has 0 bridgehead atoms. The van der Waals surface area contributed by atoms with Gasteiger partial charge < -0.3 is 9.84 Å². The summed E-state index contributed by atoms with van der Waals surface area (Å²) in [6, 6.07) is 7.96. The highest BCUT2D eigenvalue weighted by molar-refractivity contribution is 5.71. The first-order valence-corrected chi connectivity index (χ1v) is 5.33. The third-order valence-corrected chi connectivity index (χ3v) is 2.79. The van der Waals surface area contributed by atoms with E-state index in [2.05, 4.69) is 0 Å². The number of methoxy groups -OCH3 is 1. The number of ether oxygens (including phenoxy) is 1. The number of aliphatic hydroxyl groups is 1. The van der Waals surface area contributed by atoms with Crippen LogP contribution in [-0.4, -0.2) is 18.3 Å². The largest absolute Gasteiger partial charge is 0.496 e. The molecule has 1 N–H and O–H groups in total. The van der Waals surface area contributed by atoms with Crippen LogP contribution in [0.1, 0.15) is 24.8 Å². The van der Waals surface area contributed by atoms with Crippen molar-refractivity contribution < 1.29 is 9.84 Å². The van der Waals surface area contributed by atoms with Gasteiger partial charge in [-0.25, -0.2) is 0 Å². The fraction of sp³-hybridized carbons (Fsp3) is 0.385. The maximum absolute atomic E-state index is 9.59. The lowest BCUT2D eigenvalue weighted by Crippen LogP contribution is -2.08. The predicted molar refractivity (Wildman–Crippen MR) is 60.8 cm³/mol. The van der Waals surface area contributed by atoms with E-state index in [1.807, 2.05) is 30.3 Å². The molecule has 0 spiro atoms. The Morgan fingerprint density at radius 3 is 2.87 bits per heavy atom. The van der Waals surface area contributed by atoms with E-state index < -0.39 is 0 Å². The van der Waals surface area contributed by atoms with Gasteiger partial charge in [-0.1, -0.05) is 24.3 Å². The molecule has 0 fully saturated rings. The molecular formula is C13H16O2. The number of hydrogen-bond donors (Lipinski definition) is 1. The molecule has 1 aromatic carbocycles. The van der Waals surface area contributed by atoms with Crippen molar-refractivity contribution in [3.05, 3.63) is 35.9 Å². The molecule has 0 unspecified atom stereocenters. The van der Waals surface area contributed by atoms with Gasteiger partial charge >= 0.3 is 0 Å². The lowest BCUT2D eigenvalue weighted by molar-refractivity contribution is 0.206. The summed E-state index contributed by atoms with van der Waals surface area (Å²) in [7, 11) is 1.68. The summed E-state index contributed by atoms with van der Waals surface area (Å²) in [6.45, 7) is 0. The lowest BCUT2D eigenvalue weighted by atomic mass is 9.92. The van der Waals surface area contributed by atoms with Gasteiger partial charge in [0.2, 0.25) is 0 Å². The van der Waals surface area contributed by atoms with Gasteiger partial charge in [-0.15, -0.1) is 0 Å². The fourth-order valence-electron chi connectivity index (χ4n) is 2.03. The first-order valence-electron chi connectivity index (χ1n) is 5.33. The summed E-state index contributed by atoms with van der Waals surface area (Å²) < 4.78 is 5.31. The van der Waals surface area contributed by atoms with Crippen molar-refractivity contribution in [3.8, 4) is 5.75 Å². The van der Waals surface area contributed by atoms with Gasteiger partial charge in [0, 0.05) is 5.56 Å². The summed E-state index contributed by atoms with van der Waals surface area (Å²) >= 11 is 0. The number of allylic oxidation sites excluding steroid dienone is 1. The molecule has 2 rings (SSSR count). The van der Waals surface area contributed by atoms with Gasteiger partial charge in [0.1, 0.15) is 5.75 Å². The SMILES string of the molecule is COc1ccccc1C1=C[C@H](O)CCC1. The Kier molecular flexibility index (Phi) is 3.07. The summed E-state index contributed by atoms with van der Waals surface area (Å²) in [5.74, 6) is 0.887. The van der Waals surface area contributed by atoms with Gasteiger partial charge in [0.25, 0.3) is 0 Å². The summed E-state index contributed by atoms with van der Waals surface area (Å²) in [6.07, 6.45) is 4.60. The van der Waals surface area contributed by atoms with Gasteiger partial charge in [0.15, 0.2) is 0 Å². The molecule has 0 aromatic heterocycles. The Balaban J connectivity index is 2.36. The standard InChI is InChI=1S/C13H16O2/c1-15-13-8-3-2-7-12(13)10-5-4-6-11(14)9-10/h2-3,7-9,11,14H,4-6H2,1H3/t11-/m1/s1. The first kappa shape index (κ1) is 10.2. The van der Waals surface area contributed by atoms with Crippen LogP contribution in [0.2, 0.25) is 0 Å². The number of aliphatic hydroxyl groups excluding tert-OH is 1. The third-order valence-electron chi connectivity index (χ3n) is 2.79. The summed E-state index contributed by atoms with van der Waals surface area (Å²) in [4.78, 5) is 0. The van der Waals surface area contributed by atoms with Gasteiger partial charge in [0.05, 0.1) is 13.2 Å². The van der Waals surface area contributed by atoms with Crippen LogP contribution in [0.5, 0.6) is 5.75 Å². The first-order chi connectivity index (χ1) is 7.31. The van der Waals surface area contributed by atoms with E-state index in [-0.39, 0.29) is 6.10 Å². The number of hydrogen-bond acceptors (Lipinski definition) is 2. The van der Waals surface area contributed by atoms with Crippen LogP contribution in [0.3, 0.4) is 0 Å². The van der Waals surface area contributed by atoms with Crippen molar-refractivity contribution in [1.82, 2.24) is 0 Å². The molecule has 15 heavy (non-hydrogen) atoms. The Labute approximate surface area is 90.2 Å². The monoisotopic (exact) mass is 204 g/mol. The third kappa shape index (κ3) is 2.21. The Morgan fingerprint density at radius 2 is 2.13 bits per heavy atom. The smallest absolute Gasteiger partial charge is 0.126 e. The Hall–Kier alpha value is -1.28. The number of rotatable bonds is 2. The normalized spacial score (nSPS) is 20.9. The van der Waals surface area contributed by atoms with Crippen LogP contribution < -0.4 is 4.74 Å². The molecule has 2 nitrogen and oxygen atoms in total. The molecule has 1 aromatic rings. The molecule has 0 heterocycles. The zero-order chi connectivity index (χ0) is 10.7. The van der Waals surface area contributed by atoms with Crippen LogP contribution in [0.25, 0.3) is 5.57 Å². The highest BCUT2D eigenvalue weighted by Gasteiger charge is 2.14. The quantitative estimate of drug-likeness (QED) is 0.802. The molecule has 80 valence electrons.